The molecule has 1 heterocycles. The lowest BCUT2D eigenvalue weighted by molar-refractivity contribution is 0.207. The van der Waals surface area contributed by atoms with Crippen LogP contribution in [0.15, 0.2) is 0 Å². The average molecular weight is 159 g/mol. The van der Waals surface area contributed by atoms with Gasteiger partial charge >= 0.3 is 0 Å². The third-order valence-electron chi connectivity index (χ3n) is 2.36. The highest BCUT2D eigenvalue weighted by Crippen LogP contribution is 2.26. The predicted octanol–water partition coefficient (Wildman–Crippen LogP) is 0.119. The van der Waals surface area contributed by atoms with Crippen LogP contribution < -0.4 is 5.73 Å². The highest BCUT2D eigenvalue weighted by atomic mass is 16.6. The summed E-state index contributed by atoms with van der Waals surface area (Å²) in [6, 6.07) is 0.0787. The molecule has 0 aromatic heterocycles. The maximum atomic E-state index is 8.78. The van der Waals surface area contributed by atoms with Gasteiger partial charge in [-0.3, -0.25) is 0 Å². The van der Waals surface area contributed by atoms with Crippen LogP contribution in [0.2, 0.25) is 0 Å². The monoisotopic (exact) mass is 159 g/mol. The molecular formula is C8H17NO2. The Labute approximate surface area is 67.5 Å². The second kappa shape index (κ2) is 3.52. The van der Waals surface area contributed by atoms with Crippen LogP contribution in [0.3, 0.4) is 0 Å². The number of rotatable bonds is 4. The summed E-state index contributed by atoms with van der Waals surface area (Å²) in [5.41, 5.74) is 5.79. The van der Waals surface area contributed by atoms with Gasteiger partial charge in [-0.05, 0) is 19.3 Å². The molecule has 3 nitrogen and oxygen atoms in total. The van der Waals surface area contributed by atoms with E-state index >= 15 is 0 Å². The van der Waals surface area contributed by atoms with Gasteiger partial charge in [0.2, 0.25) is 0 Å². The van der Waals surface area contributed by atoms with Gasteiger partial charge in [0, 0.05) is 12.6 Å². The standard InChI is InChI=1S/C8H17NO2/c1-5(4-10)7(9)3-8-6(2)11-8/h5-8,10H,3-4,9H2,1-2H3. The van der Waals surface area contributed by atoms with E-state index in [1.807, 2.05) is 13.8 Å². The maximum Gasteiger partial charge on any atom is 0.0853 e. The number of epoxide rings is 1. The van der Waals surface area contributed by atoms with Crippen LogP contribution in [0.5, 0.6) is 0 Å². The minimum absolute atomic E-state index is 0.0787. The van der Waals surface area contributed by atoms with Crippen molar-refractivity contribution in [3.63, 3.8) is 0 Å². The molecule has 0 radical (unpaired) electrons. The second-order valence-corrected chi connectivity index (χ2v) is 3.44. The summed E-state index contributed by atoms with van der Waals surface area (Å²) in [5, 5.41) is 8.78. The molecule has 1 saturated heterocycles. The van der Waals surface area contributed by atoms with Gasteiger partial charge in [0.25, 0.3) is 0 Å². The van der Waals surface area contributed by atoms with Crippen molar-refractivity contribution >= 4 is 0 Å². The molecule has 1 aliphatic heterocycles. The molecule has 0 aromatic carbocycles. The van der Waals surface area contributed by atoms with E-state index in [2.05, 4.69) is 0 Å². The Kier molecular flexibility index (Phi) is 2.87. The lowest BCUT2D eigenvalue weighted by Gasteiger charge is -2.15. The van der Waals surface area contributed by atoms with Gasteiger partial charge in [-0.2, -0.15) is 0 Å². The van der Waals surface area contributed by atoms with Gasteiger partial charge in [0.05, 0.1) is 12.2 Å². The summed E-state index contributed by atoms with van der Waals surface area (Å²) < 4.78 is 5.22. The first-order valence-electron chi connectivity index (χ1n) is 4.17. The van der Waals surface area contributed by atoms with Gasteiger partial charge in [0.15, 0.2) is 0 Å². The van der Waals surface area contributed by atoms with Crippen LogP contribution in [-0.4, -0.2) is 30.0 Å². The molecule has 3 heteroatoms. The van der Waals surface area contributed by atoms with Crippen molar-refractivity contribution in [3.8, 4) is 0 Å². The van der Waals surface area contributed by atoms with Crippen LogP contribution >= 0.6 is 0 Å². The van der Waals surface area contributed by atoms with Gasteiger partial charge < -0.3 is 15.6 Å². The molecule has 1 fully saturated rings. The molecule has 0 aromatic rings. The van der Waals surface area contributed by atoms with Crippen LogP contribution in [-0.2, 0) is 4.74 Å². The Morgan fingerprint density at radius 3 is 2.55 bits per heavy atom. The van der Waals surface area contributed by atoms with Crippen LogP contribution in [0.25, 0.3) is 0 Å². The Balaban J connectivity index is 2.15. The molecule has 0 saturated carbocycles. The summed E-state index contributed by atoms with van der Waals surface area (Å²) in [7, 11) is 0. The molecule has 0 spiro atoms. The lowest BCUT2D eigenvalue weighted by atomic mass is 9.98. The van der Waals surface area contributed by atoms with Crippen molar-refractivity contribution in [2.24, 2.45) is 11.7 Å². The van der Waals surface area contributed by atoms with Gasteiger partial charge in [-0.1, -0.05) is 6.92 Å². The molecular weight excluding hydrogens is 142 g/mol. The molecule has 11 heavy (non-hydrogen) atoms. The van der Waals surface area contributed by atoms with Crippen LogP contribution in [0.1, 0.15) is 20.3 Å². The molecule has 0 amide bonds. The molecule has 0 aliphatic carbocycles. The van der Waals surface area contributed by atoms with Gasteiger partial charge in [-0.15, -0.1) is 0 Å². The third-order valence-corrected chi connectivity index (χ3v) is 2.36. The van der Waals surface area contributed by atoms with E-state index in [1.165, 1.54) is 0 Å². The normalized spacial score (nSPS) is 34.9. The van der Waals surface area contributed by atoms with E-state index < -0.39 is 0 Å². The minimum atomic E-state index is 0.0787. The van der Waals surface area contributed by atoms with E-state index in [1.54, 1.807) is 0 Å². The lowest BCUT2D eigenvalue weighted by Crippen LogP contribution is -2.32. The van der Waals surface area contributed by atoms with Gasteiger partial charge in [0.1, 0.15) is 0 Å². The van der Waals surface area contributed by atoms with Crippen molar-refractivity contribution in [3.05, 3.63) is 0 Å². The van der Waals surface area contributed by atoms with E-state index in [-0.39, 0.29) is 18.6 Å². The fraction of sp³-hybridized carbons (Fsp3) is 1.00. The largest absolute Gasteiger partial charge is 0.396 e. The first kappa shape index (κ1) is 8.97. The van der Waals surface area contributed by atoms with E-state index in [4.69, 9.17) is 15.6 Å². The summed E-state index contributed by atoms with van der Waals surface area (Å²) in [5.74, 6) is 0.186. The summed E-state index contributed by atoms with van der Waals surface area (Å²) >= 11 is 0. The molecule has 1 aliphatic rings. The maximum absolute atomic E-state index is 8.78. The molecule has 66 valence electrons. The summed E-state index contributed by atoms with van der Waals surface area (Å²) in [6.07, 6.45) is 1.61. The smallest absolute Gasteiger partial charge is 0.0853 e. The summed E-state index contributed by atoms with van der Waals surface area (Å²) in [4.78, 5) is 0. The number of aliphatic hydroxyl groups is 1. The van der Waals surface area contributed by atoms with Crippen molar-refractivity contribution in [1.29, 1.82) is 0 Å². The van der Waals surface area contributed by atoms with E-state index in [9.17, 15) is 0 Å². The highest BCUT2D eigenvalue weighted by Gasteiger charge is 2.36. The van der Waals surface area contributed by atoms with Gasteiger partial charge in [-0.25, -0.2) is 0 Å². The number of ether oxygens (including phenoxy) is 1. The number of aliphatic hydroxyl groups excluding tert-OH is 1. The molecule has 1 rings (SSSR count). The van der Waals surface area contributed by atoms with Crippen LogP contribution in [0.4, 0.5) is 0 Å². The molecule has 4 atom stereocenters. The first-order chi connectivity index (χ1) is 5.15. The van der Waals surface area contributed by atoms with E-state index in [0.717, 1.165) is 6.42 Å². The number of nitrogens with two attached hydrogens (primary N) is 1. The quantitative estimate of drug-likeness (QED) is 0.573. The Hall–Kier alpha value is -0.120. The SMILES string of the molecule is CC(CO)C(N)CC1OC1C. The van der Waals surface area contributed by atoms with Crippen LogP contribution in [0, 0.1) is 5.92 Å². The Morgan fingerprint density at radius 2 is 2.18 bits per heavy atom. The van der Waals surface area contributed by atoms with Crippen molar-refractivity contribution in [1.82, 2.24) is 0 Å². The third kappa shape index (κ3) is 2.43. The number of hydrogen-bond acceptors (Lipinski definition) is 3. The zero-order valence-corrected chi connectivity index (χ0v) is 7.16. The molecule has 3 N–H and O–H groups in total. The van der Waals surface area contributed by atoms with Crippen molar-refractivity contribution in [2.75, 3.05) is 6.61 Å². The first-order valence-corrected chi connectivity index (χ1v) is 4.17. The van der Waals surface area contributed by atoms with Crippen molar-refractivity contribution in [2.45, 2.75) is 38.5 Å². The van der Waals surface area contributed by atoms with E-state index in [0.29, 0.717) is 12.2 Å². The Morgan fingerprint density at radius 1 is 1.64 bits per heavy atom. The highest BCUT2D eigenvalue weighted by molar-refractivity contribution is 4.85. The zero-order chi connectivity index (χ0) is 8.43. The topological polar surface area (TPSA) is 58.8 Å². The second-order valence-electron chi connectivity index (χ2n) is 3.44. The molecule has 4 unspecified atom stereocenters. The minimum Gasteiger partial charge on any atom is -0.396 e. The average Bonchev–Trinajstić information content (AvgIpc) is 2.65. The molecule has 0 bridgehead atoms. The summed E-state index contributed by atoms with van der Waals surface area (Å²) in [6.45, 7) is 4.17. The predicted molar refractivity (Wildman–Crippen MR) is 43.2 cm³/mol. The number of hydrogen-bond donors (Lipinski definition) is 2. The Bertz CT molecular complexity index is 129. The van der Waals surface area contributed by atoms with Crippen molar-refractivity contribution < 1.29 is 9.84 Å². The fourth-order valence-electron chi connectivity index (χ4n) is 1.11. The fourth-order valence-corrected chi connectivity index (χ4v) is 1.11. The zero-order valence-electron chi connectivity index (χ0n) is 7.16.